The molecule has 3 unspecified atom stereocenters. The predicted octanol–water partition coefficient (Wildman–Crippen LogP) is 6.40. The van der Waals surface area contributed by atoms with Gasteiger partial charge >= 0.3 is 0 Å². The number of rotatable bonds is 4. The zero-order chi connectivity index (χ0) is 19.8. The number of fused-ring (bicyclic) bond motifs is 5. The highest BCUT2D eigenvalue weighted by Gasteiger charge is 2.38. The molecule has 1 heterocycles. The number of carbonyl (C=O) groups excluding carboxylic acids is 1. The third-order valence-electron chi connectivity index (χ3n) is 6.26. The van der Waals surface area contributed by atoms with E-state index in [0.29, 0.717) is 18.3 Å². The summed E-state index contributed by atoms with van der Waals surface area (Å²) in [6.45, 7) is 2.02. The maximum atomic E-state index is 12.0. The van der Waals surface area contributed by atoms with Crippen LogP contribution in [-0.4, -0.2) is 5.91 Å². The van der Waals surface area contributed by atoms with Crippen LogP contribution in [0.25, 0.3) is 10.8 Å². The third-order valence-corrected chi connectivity index (χ3v) is 6.26. The van der Waals surface area contributed by atoms with E-state index in [2.05, 4.69) is 71.3 Å². The zero-order valence-corrected chi connectivity index (χ0v) is 16.7. The van der Waals surface area contributed by atoms with Gasteiger partial charge in [-0.25, -0.2) is 0 Å². The summed E-state index contributed by atoms with van der Waals surface area (Å²) in [7, 11) is 0. The fourth-order valence-corrected chi connectivity index (χ4v) is 4.97. The molecular formula is C26H26N2O. The summed E-state index contributed by atoms with van der Waals surface area (Å²) in [4.78, 5) is 12.0. The molecule has 29 heavy (non-hydrogen) atoms. The molecule has 0 bridgehead atoms. The molecule has 146 valence electrons. The second-order valence-electron chi connectivity index (χ2n) is 8.15. The van der Waals surface area contributed by atoms with Crippen molar-refractivity contribution < 1.29 is 4.79 Å². The first-order valence-electron chi connectivity index (χ1n) is 10.6. The summed E-state index contributed by atoms with van der Waals surface area (Å²) in [5.74, 6) is 0.981. The summed E-state index contributed by atoms with van der Waals surface area (Å²) in [6.07, 6.45) is 7.19. The molecule has 3 aromatic rings. The maximum Gasteiger partial charge on any atom is 0.224 e. The second kappa shape index (κ2) is 7.40. The van der Waals surface area contributed by atoms with Gasteiger partial charge in [-0.2, -0.15) is 0 Å². The molecule has 1 aliphatic heterocycles. The van der Waals surface area contributed by atoms with Crippen LogP contribution in [0.1, 0.15) is 49.3 Å². The molecule has 2 N–H and O–H groups in total. The number of benzene rings is 3. The highest BCUT2D eigenvalue weighted by Crippen LogP contribution is 2.51. The standard InChI is InChI=1S/C26H26N2O/c1-2-7-24(29)27-19-10-5-9-18(16-19)26-22-13-6-12-21(22)25-20-11-4-3-8-17(20)14-15-23(25)28-26/h3-6,8-12,14-16,21-22,26,28H,2,7,13H2,1H3,(H,27,29). The smallest absolute Gasteiger partial charge is 0.224 e. The Kier molecular flexibility index (Phi) is 4.59. The van der Waals surface area contributed by atoms with Crippen molar-refractivity contribution in [3.05, 3.63) is 83.9 Å². The van der Waals surface area contributed by atoms with E-state index < -0.39 is 0 Å². The fourth-order valence-electron chi connectivity index (χ4n) is 4.97. The molecule has 1 amide bonds. The number of hydrogen-bond acceptors (Lipinski definition) is 2. The Bertz CT molecular complexity index is 1100. The summed E-state index contributed by atoms with van der Waals surface area (Å²) in [5, 5.41) is 9.52. The van der Waals surface area contributed by atoms with E-state index in [1.165, 1.54) is 27.6 Å². The van der Waals surface area contributed by atoms with E-state index >= 15 is 0 Å². The number of allylic oxidation sites excluding steroid dienone is 2. The molecule has 0 aromatic heterocycles. The van der Waals surface area contributed by atoms with Crippen molar-refractivity contribution in [1.82, 2.24) is 0 Å². The Balaban J connectivity index is 1.52. The molecule has 3 heteroatoms. The van der Waals surface area contributed by atoms with E-state index in [1.807, 2.05) is 19.1 Å². The van der Waals surface area contributed by atoms with Crippen LogP contribution in [0.15, 0.2) is 72.8 Å². The monoisotopic (exact) mass is 382 g/mol. The Morgan fingerprint density at radius 3 is 2.90 bits per heavy atom. The minimum absolute atomic E-state index is 0.0819. The van der Waals surface area contributed by atoms with Gasteiger partial charge in [-0.15, -0.1) is 0 Å². The van der Waals surface area contributed by atoms with Crippen molar-refractivity contribution in [3.8, 4) is 0 Å². The van der Waals surface area contributed by atoms with Gasteiger partial charge in [0.25, 0.3) is 0 Å². The lowest BCUT2D eigenvalue weighted by molar-refractivity contribution is -0.116. The van der Waals surface area contributed by atoms with Crippen molar-refractivity contribution in [2.75, 3.05) is 10.6 Å². The molecular weight excluding hydrogens is 356 g/mol. The van der Waals surface area contributed by atoms with Crippen molar-refractivity contribution in [2.45, 2.75) is 38.1 Å². The van der Waals surface area contributed by atoms with Crippen molar-refractivity contribution >= 4 is 28.1 Å². The molecule has 3 atom stereocenters. The summed E-state index contributed by atoms with van der Waals surface area (Å²) in [5.41, 5.74) is 4.76. The molecule has 3 nitrogen and oxygen atoms in total. The van der Waals surface area contributed by atoms with Gasteiger partial charge in [-0.3, -0.25) is 4.79 Å². The van der Waals surface area contributed by atoms with Crippen LogP contribution in [0.2, 0.25) is 0 Å². The summed E-state index contributed by atoms with van der Waals surface area (Å²) in [6, 6.07) is 21.7. The lowest BCUT2D eigenvalue weighted by atomic mass is 9.75. The van der Waals surface area contributed by atoms with E-state index in [1.54, 1.807) is 0 Å². The normalized spacial score (nSPS) is 22.0. The molecule has 0 radical (unpaired) electrons. The minimum Gasteiger partial charge on any atom is -0.378 e. The minimum atomic E-state index is 0.0819. The Hall–Kier alpha value is -3.07. The highest BCUT2D eigenvalue weighted by atomic mass is 16.1. The maximum absolute atomic E-state index is 12.0. The topological polar surface area (TPSA) is 41.1 Å². The number of hydrogen-bond donors (Lipinski definition) is 2. The van der Waals surface area contributed by atoms with Crippen LogP contribution >= 0.6 is 0 Å². The highest BCUT2D eigenvalue weighted by molar-refractivity contribution is 5.92. The average Bonchev–Trinajstić information content (AvgIpc) is 3.23. The lowest BCUT2D eigenvalue weighted by Crippen LogP contribution is -2.29. The summed E-state index contributed by atoms with van der Waals surface area (Å²) >= 11 is 0. The van der Waals surface area contributed by atoms with Gasteiger partial charge in [-0.1, -0.05) is 61.5 Å². The summed E-state index contributed by atoms with van der Waals surface area (Å²) < 4.78 is 0. The third kappa shape index (κ3) is 3.21. The quantitative estimate of drug-likeness (QED) is 0.512. The molecule has 1 aliphatic carbocycles. The van der Waals surface area contributed by atoms with Crippen LogP contribution in [0.4, 0.5) is 11.4 Å². The Morgan fingerprint density at radius 2 is 2.00 bits per heavy atom. The van der Waals surface area contributed by atoms with Crippen LogP contribution < -0.4 is 10.6 Å². The van der Waals surface area contributed by atoms with Gasteiger partial charge in [0.15, 0.2) is 0 Å². The number of anilines is 2. The molecule has 5 rings (SSSR count). The molecule has 3 aromatic carbocycles. The van der Waals surface area contributed by atoms with Gasteiger partial charge in [-0.05, 0) is 58.9 Å². The van der Waals surface area contributed by atoms with Crippen molar-refractivity contribution in [3.63, 3.8) is 0 Å². The molecule has 0 fully saturated rings. The van der Waals surface area contributed by atoms with Gasteiger partial charge in [0, 0.05) is 23.7 Å². The average molecular weight is 383 g/mol. The first kappa shape index (κ1) is 18.0. The predicted molar refractivity (Wildman–Crippen MR) is 120 cm³/mol. The Labute approximate surface area is 171 Å². The van der Waals surface area contributed by atoms with Crippen LogP contribution in [-0.2, 0) is 4.79 Å². The molecule has 0 saturated heterocycles. The SMILES string of the molecule is CCCC(=O)Nc1cccc(C2Nc3ccc4ccccc4c3C3C=CCC32)c1. The number of nitrogens with one attached hydrogen (secondary N) is 2. The molecule has 2 aliphatic rings. The van der Waals surface area contributed by atoms with Crippen LogP contribution in [0.5, 0.6) is 0 Å². The van der Waals surface area contributed by atoms with Crippen LogP contribution in [0, 0.1) is 5.92 Å². The largest absolute Gasteiger partial charge is 0.378 e. The molecule has 0 spiro atoms. The lowest BCUT2D eigenvalue weighted by Gasteiger charge is -2.38. The first-order chi connectivity index (χ1) is 14.2. The van der Waals surface area contributed by atoms with Crippen molar-refractivity contribution in [2.24, 2.45) is 5.92 Å². The van der Waals surface area contributed by atoms with Gasteiger partial charge < -0.3 is 10.6 Å². The zero-order valence-electron chi connectivity index (χ0n) is 16.7. The van der Waals surface area contributed by atoms with E-state index in [9.17, 15) is 4.79 Å². The van der Waals surface area contributed by atoms with Gasteiger partial charge in [0.05, 0.1) is 6.04 Å². The van der Waals surface area contributed by atoms with E-state index in [-0.39, 0.29) is 11.9 Å². The van der Waals surface area contributed by atoms with Crippen molar-refractivity contribution in [1.29, 1.82) is 0 Å². The van der Waals surface area contributed by atoms with E-state index in [4.69, 9.17) is 0 Å². The van der Waals surface area contributed by atoms with Gasteiger partial charge in [0.1, 0.15) is 0 Å². The van der Waals surface area contributed by atoms with Gasteiger partial charge in [0.2, 0.25) is 5.91 Å². The van der Waals surface area contributed by atoms with E-state index in [0.717, 1.165) is 18.5 Å². The number of amides is 1. The molecule has 0 saturated carbocycles. The second-order valence-corrected chi connectivity index (χ2v) is 8.15. The Morgan fingerprint density at radius 1 is 1.10 bits per heavy atom. The van der Waals surface area contributed by atoms with Crippen LogP contribution in [0.3, 0.4) is 0 Å². The first-order valence-corrected chi connectivity index (χ1v) is 10.6. The fraction of sp³-hybridized carbons (Fsp3) is 0.269. The number of carbonyl (C=O) groups is 1.